The molecule has 0 bridgehead atoms. The van der Waals surface area contributed by atoms with Crippen LogP contribution in [0.15, 0.2) is 30.5 Å². The molecular weight excluding hydrogens is 243 g/mol. The average molecular weight is 262 g/mol. The summed E-state index contributed by atoms with van der Waals surface area (Å²) in [7, 11) is 0. The van der Waals surface area contributed by atoms with E-state index < -0.39 is 0 Å². The number of aromatic nitrogens is 1. The van der Waals surface area contributed by atoms with Gasteiger partial charge in [0.1, 0.15) is 12.4 Å². The van der Waals surface area contributed by atoms with E-state index in [4.69, 9.17) is 0 Å². The van der Waals surface area contributed by atoms with Crippen molar-refractivity contribution in [1.29, 1.82) is 0 Å². The van der Waals surface area contributed by atoms with Crippen molar-refractivity contribution < 1.29 is 9.18 Å². The molecule has 19 heavy (non-hydrogen) atoms. The average Bonchev–Trinajstić information content (AvgIpc) is 2.71. The Morgan fingerprint density at radius 1 is 1.37 bits per heavy atom. The number of nitrogens with one attached hydrogen (secondary N) is 1. The second-order valence-corrected chi connectivity index (χ2v) is 5.18. The summed E-state index contributed by atoms with van der Waals surface area (Å²) in [6, 6.07) is 6.41. The molecule has 2 rings (SSSR count). The molecule has 0 aliphatic carbocycles. The molecule has 0 saturated carbocycles. The third kappa shape index (κ3) is 3.56. The third-order valence-corrected chi connectivity index (χ3v) is 3.09. The van der Waals surface area contributed by atoms with Crippen LogP contribution in [0, 0.1) is 11.7 Å². The van der Waals surface area contributed by atoms with Gasteiger partial charge in [-0.05, 0) is 36.6 Å². The first-order valence-electron chi connectivity index (χ1n) is 6.57. The second-order valence-electron chi connectivity index (χ2n) is 5.18. The summed E-state index contributed by atoms with van der Waals surface area (Å²) in [6.07, 6.45) is 2.79. The van der Waals surface area contributed by atoms with Crippen molar-refractivity contribution in [2.45, 2.75) is 26.8 Å². The normalized spacial score (nSPS) is 11.2. The van der Waals surface area contributed by atoms with E-state index in [-0.39, 0.29) is 18.3 Å². The van der Waals surface area contributed by atoms with Crippen LogP contribution in [0.3, 0.4) is 0 Å². The van der Waals surface area contributed by atoms with Gasteiger partial charge in [-0.25, -0.2) is 4.39 Å². The Morgan fingerprint density at radius 3 is 2.89 bits per heavy atom. The standard InChI is InChI=1S/C15H19FN2O/c1-11(2)5-7-17-15(19)10-18-8-6-12-9-13(16)3-4-14(12)18/h3-4,6,8-9,11H,5,7,10H2,1-2H3,(H,17,19). The van der Waals surface area contributed by atoms with E-state index in [0.29, 0.717) is 12.5 Å². The molecule has 0 radical (unpaired) electrons. The molecule has 0 atom stereocenters. The van der Waals surface area contributed by atoms with Gasteiger partial charge in [0.05, 0.1) is 0 Å². The SMILES string of the molecule is CC(C)CCNC(=O)Cn1ccc2cc(F)ccc21. The van der Waals surface area contributed by atoms with E-state index in [1.54, 1.807) is 6.07 Å². The summed E-state index contributed by atoms with van der Waals surface area (Å²) >= 11 is 0. The fourth-order valence-corrected chi connectivity index (χ4v) is 2.02. The number of carbonyl (C=O) groups is 1. The zero-order valence-electron chi connectivity index (χ0n) is 11.3. The number of amides is 1. The summed E-state index contributed by atoms with van der Waals surface area (Å²) in [5.41, 5.74) is 0.875. The predicted molar refractivity (Wildman–Crippen MR) is 74.4 cm³/mol. The van der Waals surface area contributed by atoms with Crippen LogP contribution in [0.4, 0.5) is 4.39 Å². The van der Waals surface area contributed by atoms with Gasteiger partial charge in [-0.1, -0.05) is 13.8 Å². The number of hydrogen-bond acceptors (Lipinski definition) is 1. The Balaban J connectivity index is 1.99. The van der Waals surface area contributed by atoms with E-state index in [1.165, 1.54) is 12.1 Å². The van der Waals surface area contributed by atoms with Crippen LogP contribution < -0.4 is 5.32 Å². The molecule has 1 heterocycles. The third-order valence-electron chi connectivity index (χ3n) is 3.09. The van der Waals surface area contributed by atoms with E-state index in [1.807, 2.05) is 16.8 Å². The summed E-state index contributed by atoms with van der Waals surface area (Å²) < 4.78 is 14.9. The molecule has 0 aliphatic rings. The van der Waals surface area contributed by atoms with Crippen LogP contribution in [-0.2, 0) is 11.3 Å². The zero-order chi connectivity index (χ0) is 13.8. The van der Waals surface area contributed by atoms with Gasteiger partial charge in [0.25, 0.3) is 0 Å². The van der Waals surface area contributed by atoms with Gasteiger partial charge in [0.2, 0.25) is 5.91 Å². The Kier molecular flexibility index (Phi) is 4.20. The van der Waals surface area contributed by atoms with Crippen LogP contribution in [0.25, 0.3) is 10.9 Å². The molecule has 0 unspecified atom stereocenters. The van der Waals surface area contributed by atoms with E-state index in [2.05, 4.69) is 19.2 Å². The molecule has 0 spiro atoms. The topological polar surface area (TPSA) is 34.0 Å². The summed E-state index contributed by atoms with van der Waals surface area (Å²) in [6.45, 7) is 5.22. The molecule has 2 aromatic rings. The molecule has 1 N–H and O–H groups in total. The first kappa shape index (κ1) is 13.6. The smallest absolute Gasteiger partial charge is 0.239 e. The highest BCUT2D eigenvalue weighted by Crippen LogP contribution is 2.16. The van der Waals surface area contributed by atoms with Crippen molar-refractivity contribution in [1.82, 2.24) is 9.88 Å². The van der Waals surface area contributed by atoms with E-state index >= 15 is 0 Å². The Hall–Kier alpha value is -1.84. The molecular formula is C15H19FN2O. The first-order chi connectivity index (χ1) is 9.06. The highest BCUT2D eigenvalue weighted by molar-refractivity contribution is 5.83. The van der Waals surface area contributed by atoms with E-state index in [9.17, 15) is 9.18 Å². The zero-order valence-corrected chi connectivity index (χ0v) is 11.3. The highest BCUT2D eigenvalue weighted by Gasteiger charge is 2.06. The lowest BCUT2D eigenvalue weighted by molar-refractivity contribution is -0.121. The molecule has 102 valence electrons. The van der Waals surface area contributed by atoms with Crippen molar-refractivity contribution in [2.24, 2.45) is 5.92 Å². The van der Waals surface area contributed by atoms with Crippen molar-refractivity contribution in [2.75, 3.05) is 6.54 Å². The van der Waals surface area contributed by atoms with E-state index in [0.717, 1.165) is 17.3 Å². The van der Waals surface area contributed by atoms with Crippen LogP contribution in [0.1, 0.15) is 20.3 Å². The minimum Gasteiger partial charge on any atom is -0.355 e. The number of halogens is 1. The lowest BCUT2D eigenvalue weighted by atomic mass is 10.1. The molecule has 0 saturated heterocycles. The summed E-state index contributed by atoms with van der Waals surface area (Å²) in [5.74, 6) is 0.310. The van der Waals surface area contributed by atoms with Crippen LogP contribution in [0.5, 0.6) is 0 Å². The number of benzene rings is 1. The molecule has 1 aromatic carbocycles. The van der Waals surface area contributed by atoms with Gasteiger partial charge < -0.3 is 9.88 Å². The fraction of sp³-hybridized carbons (Fsp3) is 0.400. The van der Waals surface area contributed by atoms with Gasteiger partial charge in [0, 0.05) is 23.6 Å². The summed E-state index contributed by atoms with van der Waals surface area (Å²) in [4.78, 5) is 11.8. The second kappa shape index (κ2) is 5.87. The Bertz CT molecular complexity index is 575. The molecule has 1 amide bonds. The predicted octanol–water partition coefficient (Wildman–Crippen LogP) is 2.94. The highest BCUT2D eigenvalue weighted by atomic mass is 19.1. The van der Waals surface area contributed by atoms with Crippen LogP contribution >= 0.6 is 0 Å². The number of rotatable bonds is 5. The van der Waals surface area contributed by atoms with Gasteiger partial charge in [-0.3, -0.25) is 4.79 Å². The lowest BCUT2D eigenvalue weighted by Crippen LogP contribution is -2.28. The van der Waals surface area contributed by atoms with Gasteiger partial charge >= 0.3 is 0 Å². The number of hydrogen-bond donors (Lipinski definition) is 1. The molecule has 0 aliphatic heterocycles. The quantitative estimate of drug-likeness (QED) is 0.883. The van der Waals surface area contributed by atoms with Gasteiger partial charge in [-0.2, -0.15) is 0 Å². The maximum absolute atomic E-state index is 13.1. The van der Waals surface area contributed by atoms with Crippen molar-refractivity contribution in [3.8, 4) is 0 Å². The van der Waals surface area contributed by atoms with Crippen molar-refractivity contribution in [3.63, 3.8) is 0 Å². The number of fused-ring (bicyclic) bond motifs is 1. The Morgan fingerprint density at radius 2 is 2.16 bits per heavy atom. The van der Waals surface area contributed by atoms with Crippen LogP contribution in [0.2, 0.25) is 0 Å². The van der Waals surface area contributed by atoms with Crippen molar-refractivity contribution >= 4 is 16.8 Å². The van der Waals surface area contributed by atoms with Gasteiger partial charge in [0.15, 0.2) is 0 Å². The van der Waals surface area contributed by atoms with Crippen LogP contribution in [-0.4, -0.2) is 17.0 Å². The van der Waals surface area contributed by atoms with Gasteiger partial charge in [-0.15, -0.1) is 0 Å². The fourth-order valence-electron chi connectivity index (χ4n) is 2.02. The molecule has 4 heteroatoms. The molecule has 3 nitrogen and oxygen atoms in total. The summed E-state index contributed by atoms with van der Waals surface area (Å²) in [5, 5.41) is 3.71. The molecule has 1 aromatic heterocycles. The monoisotopic (exact) mass is 262 g/mol. The molecule has 0 fully saturated rings. The largest absolute Gasteiger partial charge is 0.355 e. The maximum atomic E-state index is 13.1. The first-order valence-corrected chi connectivity index (χ1v) is 6.57. The number of nitrogens with zero attached hydrogens (tertiary/aromatic N) is 1. The number of carbonyl (C=O) groups excluding carboxylic acids is 1. The Labute approximate surface area is 112 Å². The van der Waals surface area contributed by atoms with Crippen molar-refractivity contribution in [3.05, 3.63) is 36.3 Å². The minimum atomic E-state index is -0.258. The maximum Gasteiger partial charge on any atom is 0.239 e. The minimum absolute atomic E-state index is 0.0116. The lowest BCUT2D eigenvalue weighted by Gasteiger charge is -2.08.